The van der Waals surface area contributed by atoms with Crippen LogP contribution >= 0.6 is 0 Å². The zero-order valence-corrected chi connectivity index (χ0v) is 16.9. The maximum atomic E-state index is 10.5. The van der Waals surface area contributed by atoms with Gasteiger partial charge < -0.3 is 10.4 Å². The molecule has 1 aliphatic carbocycles. The number of unbranched alkanes of at least 4 members (excludes halogenated alkanes) is 4. The van der Waals surface area contributed by atoms with Crippen molar-refractivity contribution in [1.82, 2.24) is 5.32 Å². The van der Waals surface area contributed by atoms with Crippen molar-refractivity contribution in [1.29, 1.82) is 0 Å². The molecule has 0 spiro atoms. The zero-order valence-electron chi connectivity index (χ0n) is 16.9. The number of aliphatic hydroxyl groups excluding tert-OH is 1. The van der Waals surface area contributed by atoms with Crippen LogP contribution in [0.25, 0.3) is 0 Å². The first-order chi connectivity index (χ1) is 11.7. The molecule has 0 aromatic rings. The summed E-state index contributed by atoms with van der Waals surface area (Å²) in [5, 5.41) is 14.3. The molecule has 2 atom stereocenters. The third-order valence-corrected chi connectivity index (χ3v) is 6.28. The number of rotatable bonds is 14. The molecule has 1 aliphatic rings. The van der Waals surface area contributed by atoms with Crippen LogP contribution in [0, 0.1) is 11.8 Å². The van der Waals surface area contributed by atoms with E-state index in [1.165, 1.54) is 83.5 Å². The van der Waals surface area contributed by atoms with Crippen molar-refractivity contribution < 1.29 is 5.11 Å². The van der Waals surface area contributed by atoms with E-state index in [-0.39, 0.29) is 6.10 Å². The number of hydrogen-bond acceptors (Lipinski definition) is 2. The van der Waals surface area contributed by atoms with Gasteiger partial charge in [-0.15, -0.1) is 0 Å². The van der Waals surface area contributed by atoms with Crippen LogP contribution in [0.4, 0.5) is 0 Å². The number of nitrogens with one attached hydrogen (secondary N) is 1. The first-order valence-electron chi connectivity index (χ1n) is 11.1. The van der Waals surface area contributed by atoms with Crippen molar-refractivity contribution in [3.63, 3.8) is 0 Å². The molecule has 1 saturated carbocycles. The van der Waals surface area contributed by atoms with Crippen LogP contribution in [0.2, 0.25) is 0 Å². The Morgan fingerprint density at radius 3 is 2.17 bits per heavy atom. The lowest BCUT2D eigenvalue weighted by Gasteiger charge is -2.29. The molecule has 2 heteroatoms. The molecule has 1 fully saturated rings. The van der Waals surface area contributed by atoms with Gasteiger partial charge in [0.05, 0.1) is 6.10 Å². The van der Waals surface area contributed by atoms with Crippen LogP contribution in [0.5, 0.6) is 0 Å². The number of hydrogen-bond donors (Lipinski definition) is 2. The highest BCUT2D eigenvalue weighted by Gasteiger charge is 2.22. The zero-order chi connectivity index (χ0) is 17.6. The van der Waals surface area contributed by atoms with E-state index in [9.17, 15) is 5.11 Å². The largest absolute Gasteiger partial charge is 0.393 e. The highest BCUT2D eigenvalue weighted by molar-refractivity contribution is 4.78. The van der Waals surface area contributed by atoms with Crippen molar-refractivity contribution >= 4 is 0 Å². The minimum atomic E-state index is -0.0790. The molecule has 0 aliphatic heterocycles. The molecule has 2 N–H and O–H groups in total. The fourth-order valence-corrected chi connectivity index (χ4v) is 4.50. The monoisotopic (exact) mass is 339 g/mol. The molecule has 2 nitrogen and oxygen atoms in total. The van der Waals surface area contributed by atoms with Crippen LogP contribution in [0.15, 0.2) is 0 Å². The standard InChI is InChI=1S/C22H45NO/c1-4-7-8-9-13-16-21(19(5-2)6-3)23-18-17-22(24)20-14-11-10-12-15-20/h19-24H,4-18H2,1-3H3. The summed E-state index contributed by atoms with van der Waals surface area (Å²) in [6.45, 7) is 7.94. The van der Waals surface area contributed by atoms with Gasteiger partial charge in [-0.2, -0.15) is 0 Å². The fourth-order valence-electron chi connectivity index (χ4n) is 4.50. The van der Waals surface area contributed by atoms with Crippen LogP contribution in [-0.4, -0.2) is 23.8 Å². The van der Waals surface area contributed by atoms with E-state index in [1.54, 1.807) is 0 Å². The summed E-state index contributed by atoms with van der Waals surface area (Å²) >= 11 is 0. The average Bonchev–Trinajstić information content (AvgIpc) is 2.62. The van der Waals surface area contributed by atoms with E-state index in [1.807, 2.05) is 0 Å². The summed E-state index contributed by atoms with van der Waals surface area (Å²) in [7, 11) is 0. The fraction of sp³-hybridized carbons (Fsp3) is 1.00. The second kappa shape index (κ2) is 14.1. The van der Waals surface area contributed by atoms with Crippen molar-refractivity contribution in [2.75, 3.05) is 6.54 Å². The summed E-state index contributed by atoms with van der Waals surface area (Å²) in [5.74, 6) is 1.36. The van der Waals surface area contributed by atoms with Crippen molar-refractivity contribution in [2.24, 2.45) is 11.8 Å². The van der Waals surface area contributed by atoms with Gasteiger partial charge in [-0.3, -0.25) is 0 Å². The van der Waals surface area contributed by atoms with Crippen LogP contribution in [0.1, 0.15) is 111 Å². The normalized spacial score (nSPS) is 18.9. The summed E-state index contributed by atoms with van der Waals surface area (Å²) < 4.78 is 0. The second-order valence-corrected chi connectivity index (χ2v) is 8.09. The van der Waals surface area contributed by atoms with E-state index in [2.05, 4.69) is 26.1 Å². The average molecular weight is 340 g/mol. The lowest BCUT2D eigenvalue weighted by molar-refractivity contribution is 0.0757. The molecule has 1 rings (SSSR count). The topological polar surface area (TPSA) is 32.3 Å². The van der Waals surface area contributed by atoms with Gasteiger partial charge in [-0.25, -0.2) is 0 Å². The molecule has 2 unspecified atom stereocenters. The Kier molecular flexibility index (Phi) is 12.9. The predicted octanol–water partition coefficient (Wildman–Crippen LogP) is 6.07. The Hall–Kier alpha value is -0.0800. The molecule has 0 aromatic carbocycles. The van der Waals surface area contributed by atoms with Gasteiger partial charge in [0.25, 0.3) is 0 Å². The van der Waals surface area contributed by atoms with Gasteiger partial charge in [0.1, 0.15) is 0 Å². The van der Waals surface area contributed by atoms with Gasteiger partial charge in [-0.05, 0) is 44.1 Å². The lowest BCUT2D eigenvalue weighted by atomic mass is 9.84. The third kappa shape index (κ3) is 8.85. The van der Waals surface area contributed by atoms with Crippen molar-refractivity contribution in [2.45, 2.75) is 123 Å². The molecule has 0 amide bonds. The summed E-state index contributed by atoms with van der Waals surface area (Å²) in [4.78, 5) is 0. The summed E-state index contributed by atoms with van der Waals surface area (Å²) in [6, 6.07) is 0.653. The molecule has 144 valence electrons. The third-order valence-electron chi connectivity index (χ3n) is 6.28. The van der Waals surface area contributed by atoms with E-state index in [0.717, 1.165) is 18.9 Å². The Morgan fingerprint density at radius 2 is 1.54 bits per heavy atom. The van der Waals surface area contributed by atoms with Crippen LogP contribution in [0.3, 0.4) is 0 Å². The highest BCUT2D eigenvalue weighted by atomic mass is 16.3. The molecule has 0 aromatic heterocycles. The van der Waals surface area contributed by atoms with E-state index >= 15 is 0 Å². The SMILES string of the molecule is CCCCCCCC(NCCC(O)C1CCCCC1)C(CC)CC. The summed E-state index contributed by atoms with van der Waals surface area (Å²) in [5.41, 5.74) is 0. The first-order valence-corrected chi connectivity index (χ1v) is 11.1. The van der Waals surface area contributed by atoms with Gasteiger partial charge >= 0.3 is 0 Å². The lowest BCUT2D eigenvalue weighted by Crippen LogP contribution is -2.38. The predicted molar refractivity (Wildman–Crippen MR) is 106 cm³/mol. The second-order valence-electron chi connectivity index (χ2n) is 8.09. The van der Waals surface area contributed by atoms with E-state index in [0.29, 0.717) is 12.0 Å². The quantitative estimate of drug-likeness (QED) is 0.376. The minimum absolute atomic E-state index is 0.0790. The maximum absolute atomic E-state index is 10.5. The number of aliphatic hydroxyl groups is 1. The molecular formula is C22H45NO. The Morgan fingerprint density at radius 1 is 0.875 bits per heavy atom. The highest BCUT2D eigenvalue weighted by Crippen LogP contribution is 2.27. The smallest absolute Gasteiger partial charge is 0.0580 e. The van der Waals surface area contributed by atoms with Crippen LogP contribution < -0.4 is 5.32 Å². The Bertz CT molecular complexity index is 271. The molecule has 0 saturated heterocycles. The first kappa shape index (κ1) is 22.0. The molecular weight excluding hydrogens is 294 g/mol. The van der Waals surface area contributed by atoms with Crippen molar-refractivity contribution in [3.8, 4) is 0 Å². The Labute approximate surface area is 152 Å². The maximum Gasteiger partial charge on any atom is 0.0580 e. The van der Waals surface area contributed by atoms with Crippen molar-refractivity contribution in [3.05, 3.63) is 0 Å². The molecule has 0 radical (unpaired) electrons. The van der Waals surface area contributed by atoms with Gasteiger partial charge in [0.15, 0.2) is 0 Å². The van der Waals surface area contributed by atoms with Crippen LogP contribution in [-0.2, 0) is 0 Å². The van der Waals surface area contributed by atoms with Gasteiger partial charge in [-0.1, -0.05) is 85.0 Å². The minimum Gasteiger partial charge on any atom is -0.393 e. The van der Waals surface area contributed by atoms with Gasteiger partial charge in [0.2, 0.25) is 0 Å². The van der Waals surface area contributed by atoms with E-state index < -0.39 is 0 Å². The molecule has 0 bridgehead atoms. The summed E-state index contributed by atoms with van der Waals surface area (Å²) in [6.07, 6.45) is 18.1. The molecule has 24 heavy (non-hydrogen) atoms. The van der Waals surface area contributed by atoms with Gasteiger partial charge in [0, 0.05) is 6.04 Å². The Balaban J connectivity index is 2.29. The van der Waals surface area contributed by atoms with E-state index in [4.69, 9.17) is 0 Å². The molecule has 0 heterocycles.